The van der Waals surface area contributed by atoms with Crippen molar-refractivity contribution >= 4 is 38.6 Å². The van der Waals surface area contributed by atoms with E-state index in [1.807, 2.05) is 36.4 Å². The number of aryl methyl sites for hydroxylation is 1. The van der Waals surface area contributed by atoms with E-state index in [2.05, 4.69) is 10.3 Å². The van der Waals surface area contributed by atoms with E-state index in [9.17, 15) is 13.2 Å². The smallest absolute Gasteiger partial charge is 0.275 e. The summed E-state index contributed by atoms with van der Waals surface area (Å²) in [5.74, 6) is -0.332. The molecular weight excluding hydrogens is 454 g/mol. The Hall–Kier alpha value is -3.49. The molecule has 33 heavy (non-hydrogen) atoms. The number of amides is 1. The number of hydrogen-bond donors (Lipinski definition) is 1. The fourth-order valence-corrected chi connectivity index (χ4v) is 6.23. The van der Waals surface area contributed by atoms with Crippen molar-refractivity contribution in [1.82, 2.24) is 4.98 Å². The Labute approximate surface area is 196 Å². The lowest BCUT2D eigenvalue weighted by molar-refractivity contribution is 0.102. The lowest BCUT2D eigenvalue weighted by Gasteiger charge is -2.31. The number of nitrogens with zero attached hydrogens (tertiary/aromatic N) is 2. The second-order valence-corrected chi connectivity index (χ2v) is 10.4. The van der Waals surface area contributed by atoms with E-state index in [1.54, 1.807) is 47.8 Å². The second-order valence-electron chi connectivity index (χ2n) is 7.70. The van der Waals surface area contributed by atoms with E-state index >= 15 is 0 Å². The van der Waals surface area contributed by atoms with E-state index in [1.165, 1.54) is 15.6 Å². The minimum atomic E-state index is -3.69. The molecule has 1 aliphatic rings. The molecule has 1 aliphatic heterocycles. The van der Waals surface area contributed by atoms with Gasteiger partial charge in [0.15, 0.2) is 0 Å². The molecule has 0 spiro atoms. The topological polar surface area (TPSA) is 79.4 Å². The molecule has 1 aromatic heterocycles. The lowest BCUT2D eigenvalue weighted by Crippen LogP contribution is -2.35. The molecule has 0 bridgehead atoms. The van der Waals surface area contributed by atoms with Gasteiger partial charge in [-0.25, -0.2) is 13.4 Å². The van der Waals surface area contributed by atoms with Gasteiger partial charge in [-0.15, -0.1) is 11.3 Å². The molecule has 1 amide bonds. The van der Waals surface area contributed by atoms with Crippen molar-refractivity contribution in [2.45, 2.75) is 17.7 Å². The lowest BCUT2D eigenvalue weighted by atomic mass is 10.0. The Morgan fingerprint density at radius 2 is 1.70 bits per heavy atom. The van der Waals surface area contributed by atoms with Crippen LogP contribution in [0.4, 0.5) is 11.4 Å². The first-order valence-electron chi connectivity index (χ1n) is 10.6. The fourth-order valence-electron chi connectivity index (χ4n) is 3.87. The second kappa shape index (κ2) is 8.80. The number of carbonyl (C=O) groups excluding carboxylic acids is 1. The van der Waals surface area contributed by atoms with Gasteiger partial charge in [-0.1, -0.05) is 54.6 Å². The highest BCUT2D eigenvalue weighted by molar-refractivity contribution is 7.92. The SMILES string of the molecule is O=C(Nc1ccc2c(c1)N(S(=O)(=O)c1ccccc1)CCC2)c1csc(-c2ccccc2)n1. The number of benzene rings is 3. The Morgan fingerprint density at radius 1 is 0.970 bits per heavy atom. The van der Waals surface area contributed by atoms with E-state index < -0.39 is 10.0 Å². The molecule has 2 heterocycles. The molecule has 0 saturated carbocycles. The first-order chi connectivity index (χ1) is 16.0. The quantitative estimate of drug-likeness (QED) is 0.430. The predicted octanol–water partition coefficient (Wildman–Crippen LogP) is 5.20. The minimum absolute atomic E-state index is 0.253. The van der Waals surface area contributed by atoms with Crippen molar-refractivity contribution in [3.8, 4) is 10.6 Å². The Bertz CT molecular complexity index is 1400. The van der Waals surface area contributed by atoms with Crippen molar-refractivity contribution in [3.05, 3.63) is 95.5 Å². The highest BCUT2D eigenvalue weighted by Crippen LogP contribution is 2.34. The monoisotopic (exact) mass is 475 g/mol. The third-order valence-electron chi connectivity index (χ3n) is 5.51. The van der Waals surface area contributed by atoms with Crippen LogP contribution in [0.5, 0.6) is 0 Å². The number of carbonyl (C=O) groups is 1. The van der Waals surface area contributed by atoms with Gasteiger partial charge in [0.05, 0.1) is 10.6 Å². The van der Waals surface area contributed by atoms with Crippen LogP contribution in [0.3, 0.4) is 0 Å². The van der Waals surface area contributed by atoms with Gasteiger partial charge < -0.3 is 5.32 Å². The maximum absolute atomic E-state index is 13.3. The Kier molecular flexibility index (Phi) is 5.70. The summed E-state index contributed by atoms with van der Waals surface area (Å²) in [4.78, 5) is 17.5. The third-order valence-corrected chi connectivity index (χ3v) is 8.23. The summed E-state index contributed by atoms with van der Waals surface area (Å²) in [6, 6.07) is 23.5. The van der Waals surface area contributed by atoms with Crippen LogP contribution in [0, 0.1) is 0 Å². The molecule has 5 rings (SSSR count). The molecule has 3 aromatic carbocycles. The summed E-state index contributed by atoms with van der Waals surface area (Å²) in [5, 5.41) is 5.36. The summed E-state index contributed by atoms with van der Waals surface area (Å²) >= 11 is 1.41. The van der Waals surface area contributed by atoms with Crippen molar-refractivity contribution in [1.29, 1.82) is 0 Å². The van der Waals surface area contributed by atoms with Crippen LogP contribution in [0.25, 0.3) is 10.6 Å². The summed E-state index contributed by atoms with van der Waals surface area (Å²) in [6.45, 7) is 0.397. The maximum Gasteiger partial charge on any atom is 0.275 e. The zero-order valence-corrected chi connectivity index (χ0v) is 19.3. The van der Waals surface area contributed by atoms with Gasteiger partial charge in [0.25, 0.3) is 15.9 Å². The molecule has 4 aromatic rings. The largest absolute Gasteiger partial charge is 0.321 e. The van der Waals surface area contributed by atoms with Gasteiger partial charge in [-0.3, -0.25) is 9.10 Å². The summed E-state index contributed by atoms with van der Waals surface area (Å²) in [7, 11) is -3.69. The minimum Gasteiger partial charge on any atom is -0.321 e. The molecule has 0 atom stereocenters. The van der Waals surface area contributed by atoms with Crippen LogP contribution >= 0.6 is 11.3 Å². The molecule has 0 unspecified atom stereocenters. The van der Waals surface area contributed by atoms with E-state index in [0.29, 0.717) is 23.6 Å². The van der Waals surface area contributed by atoms with E-state index in [4.69, 9.17) is 0 Å². The number of anilines is 2. The van der Waals surface area contributed by atoms with Gasteiger partial charge in [0.1, 0.15) is 10.7 Å². The van der Waals surface area contributed by atoms with Crippen LogP contribution in [-0.2, 0) is 16.4 Å². The van der Waals surface area contributed by atoms with Crippen LogP contribution in [-0.4, -0.2) is 25.9 Å². The standard InChI is InChI=1S/C25H21N3O3S2/c29-24(22-17-32-25(27-22)19-8-3-1-4-9-19)26-20-14-13-18-10-7-15-28(23(18)16-20)33(30,31)21-11-5-2-6-12-21/h1-6,8-9,11-14,16-17H,7,10,15H2,(H,26,29). The van der Waals surface area contributed by atoms with Crippen LogP contribution < -0.4 is 9.62 Å². The van der Waals surface area contributed by atoms with Crippen molar-refractivity contribution in [2.24, 2.45) is 0 Å². The van der Waals surface area contributed by atoms with Gasteiger partial charge >= 0.3 is 0 Å². The number of nitrogens with one attached hydrogen (secondary N) is 1. The third kappa shape index (κ3) is 4.27. The average Bonchev–Trinajstić information content (AvgIpc) is 3.35. The van der Waals surface area contributed by atoms with Gasteiger partial charge in [-0.2, -0.15) is 0 Å². The molecule has 166 valence electrons. The molecule has 0 aliphatic carbocycles. The maximum atomic E-state index is 13.3. The zero-order valence-electron chi connectivity index (χ0n) is 17.6. The summed E-state index contributed by atoms with van der Waals surface area (Å²) in [5.41, 5.74) is 3.36. The Balaban J connectivity index is 1.41. The number of thiazole rings is 1. The zero-order chi connectivity index (χ0) is 22.8. The van der Waals surface area contributed by atoms with Crippen LogP contribution in [0.1, 0.15) is 22.5 Å². The normalized spacial score (nSPS) is 13.4. The van der Waals surface area contributed by atoms with E-state index in [0.717, 1.165) is 29.0 Å². The summed E-state index contributed by atoms with van der Waals surface area (Å²) in [6.07, 6.45) is 1.53. The number of sulfonamides is 1. The van der Waals surface area contributed by atoms with Crippen molar-refractivity contribution in [2.75, 3.05) is 16.2 Å². The van der Waals surface area contributed by atoms with Crippen molar-refractivity contribution in [3.63, 3.8) is 0 Å². The molecular formula is C25H21N3O3S2. The van der Waals surface area contributed by atoms with E-state index in [-0.39, 0.29) is 10.8 Å². The molecule has 0 radical (unpaired) electrons. The number of hydrogen-bond acceptors (Lipinski definition) is 5. The van der Waals surface area contributed by atoms with Gasteiger partial charge in [-0.05, 0) is 42.7 Å². The van der Waals surface area contributed by atoms with Gasteiger partial charge in [0.2, 0.25) is 0 Å². The average molecular weight is 476 g/mol. The molecule has 6 nitrogen and oxygen atoms in total. The highest BCUT2D eigenvalue weighted by Gasteiger charge is 2.29. The molecule has 0 fully saturated rings. The fraction of sp³-hybridized carbons (Fsp3) is 0.120. The first kappa shape index (κ1) is 21.4. The van der Waals surface area contributed by atoms with Crippen molar-refractivity contribution < 1.29 is 13.2 Å². The van der Waals surface area contributed by atoms with Crippen LogP contribution in [0.15, 0.2) is 89.1 Å². The number of aromatic nitrogens is 1. The van der Waals surface area contributed by atoms with Crippen LogP contribution in [0.2, 0.25) is 0 Å². The predicted molar refractivity (Wildman–Crippen MR) is 131 cm³/mol. The first-order valence-corrected chi connectivity index (χ1v) is 12.9. The highest BCUT2D eigenvalue weighted by atomic mass is 32.2. The molecule has 0 saturated heterocycles. The molecule has 1 N–H and O–H groups in total. The number of fused-ring (bicyclic) bond motifs is 1. The van der Waals surface area contributed by atoms with Gasteiger partial charge in [0, 0.05) is 23.2 Å². The summed E-state index contributed by atoms with van der Waals surface area (Å²) < 4.78 is 28.0. The molecule has 8 heteroatoms. The Morgan fingerprint density at radius 3 is 2.45 bits per heavy atom. The number of rotatable bonds is 5.